The van der Waals surface area contributed by atoms with Gasteiger partial charge in [-0.1, -0.05) is 84.9 Å². The minimum Gasteiger partial charge on any atom is -0.300 e. The van der Waals surface area contributed by atoms with Gasteiger partial charge in [-0.05, 0) is 48.5 Å². The maximum atomic E-state index is 5.06. The number of rotatable bonds is 4. The molecule has 0 unspecified atom stereocenters. The Balaban J connectivity index is 0.000000337. The molecule has 4 nitrogen and oxygen atoms in total. The van der Waals surface area contributed by atoms with Gasteiger partial charge in [-0.3, -0.25) is 9.80 Å². The molecule has 314 valence electrons. The summed E-state index contributed by atoms with van der Waals surface area (Å²) >= 11 is 0. The fourth-order valence-electron chi connectivity index (χ4n) is 7.21. The first kappa shape index (κ1) is 47.1. The van der Waals surface area contributed by atoms with Gasteiger partial charge < -0.3 is 0 Å². The van der Waals surface area contributed by atoms with E-state index in [-0.39, 0.29) is 0 Å². The van der Waals surface area contributed by atoms with Crippen molar-refractivity contribution in [2.24, 2.45) is 0 Å². The van der Waals surface area contributed by atoms with Crippen molar-refractivity contribution in [2.75, 3.05) is 9.80 Å². The summed E-state index contributed by atoms with van der Waals surface area (Å²) in [5.74, 6) is 0. The zero-order chi connectivity index (χ0) is 43.3. The molecule has 0 amide bonds. The summed E-state index contributed by atoms with van der Waals surface area (Å²) in [6.45, 7) is 0. The number of hydrogen-bond acceptors (Lipinski definition) is 2. The summed E-state index contributed by atoms with van der Waals surface area (Å²) in [6.07, 6.45) is 0. The van der Waals surface area contributed by atoms with Gasteiger partial charge in [0.25, 0.3) is 0 Å². The molecule has 0 saturated carbocycles. The van der Waals surface area contributed by atoms with Crippen LogP contribution in [0.3, 0.4) is 0 Å². The summed E-state index contributed by atoms with van der Waals surface area (Å²) in [5.41, 5.74) is 14.4. The van der Waals surface area contributed by atoms with Crippen LogP contribution in [0.5, 0.6) is 0 Å². The predicted octanol–water partition coefficient (Wildman–Crippen LogP) is 17.1. The number of fused-ring (bicyclic) bond motifs is 4. The minimum atomic E-state index is -5.42. The SMILES string of the molecule is [Cl][Sb-]([Cl])([Cl])([Cl])([Cl])[Cl].[Cl][Sb-]([Cl])([Cl])([Cl])([Cl])[Cl].c1ccc(N2c3ccccc3[NH+](c3ccc([NH+]4c5ccccc5N(c5ccccc5)c5ccccc54)cc3)c3ccccc32)cc1. The second-order valence-electron chi connectivity index (χ2n) is 13.7. The summed E-state index contributed by atoms with van der Waals surface area (Å²) in [5, 5.41) is 0. The number of halogens is 12. The molecular formula is C42H32Cl12N4Sb2. The molecule has 18 heteroatoms. The first-order chi connectivity index (χ1) is 27.8. The fraction of sp³-hybridized carbons (Fsp3) is 0. The smallest absolute Gasteiger partial charge is 0.165 e. The molecule has 0 fully saturated rings. The maximum absolute atomic E-state index is 5.42. The molecule has 9 rings (SSSR count). The zero-order valence-electron chi connectivity index (χ0n) is 30.6. The van der Waals surface area contributed by atoms with E-state index in [1.165, 1.54) is 66.7 Å². The van der Waals surface area contributed by atoms with Gasteiger partial charge in [-0.15, -0.1) is 0 Å². The molecule has 0 spiro atoms. The van der Waals surface area contributed by atoms with E-state index in [9.17, 15) is 0 Å². The quantitative estimate of drug-likeness (QED) is 0.171. The zero-order valence-corrected chi connectivity index (χ0v) is 44.8. The first-order valence-corrected chi connectivity index (χ1v) is 56.6. The fourth-order valence-corrected chi connectivity index (χ4v) is 7.21. The van der Waals surface area contributed by atoms with E-state index in [4.69, 9.17) is 106 Å². The summed E-state index contributed by atoms with van der Waals surface area (Å²) in [6, 6.07) is 65.6. The largest absolute Gasteiger partial charge is 0.300 e. The van der Waals surface area contributed by atoms with Gasteiger partial charge in [0.2, 0.25) is 0 Å². The molecular weight excluding hydrogens is 1230 g/mol. The maximum Gasteiger partial charge on any atom is 0.165 e. The number of benzene rings is 7. The van der Waals surface area contributed by atoms with Crippen LogP contribution >= 0.6 is 106 Å². The summed E-state index contributed by atoms with van der Waals surface area (Å²) in [7, 11) is 49.9. The third-order valence-corrected chi connectivity index (χ3v) is 9.15. The van der Waals surface area contributed by atoms with E-state index in [1.54, 1.807) is 0 Å². The molecule has 0 saturated heterocycles. The van der Waals surface area contributed by atoms with Gasteiger partial charge in [0.1, 0.15) is 34.1 Å². The van der Waals surface area contributed by atoms with Crippen LogP contribution in [0.1, 0.15) is 0 Å². The second-order valence-corrected chi connectivity index (χ2v) is 127. The van der Waals surface area contributed by atoms with E-state index < -0.39 is 18.3 Å². The molecule has 2 aliphatic heterocycles. The Morgan fingerprint density at radius 2 is 0.467 bits per heavy atom. The predicted molar refractivity (Wildman–Crippen MR) is 270 cm³/mol. The van der Waals surface area contributed by atoms with Gasteiger partial charge in [0.15, 0.2) is 22.7 Å². The molecule has 0 bridgehead atoms. The topological polar surface area (TPSA) is 15.4 Å². The first-order valence-electron chi connectivity index (χ1n) is 17.8. The molecule has 60 heavy (non-hydrogen) atoms. The van der Waals surface area contributed by atoms with Crippen LogP contribution in [-0.2, 0) is 0 Å². The average molecular weight is 1260 g/mol. The molecule has 7 aromatic rings. The van der Waals surface area contributed by atoms with Crippen LogP contribution in [0.15, 0.2) is 182 Å². The van der Waals surface area contributed by atoms with Crippen molar-refractivity contribution in [3.8, 4) is 0 Å². The number of anilines is 6. The Kier molecular flexibility index (Phi) is 13.0. The monoisotopic (exact) mass is 1250 g/mol. The third kappa shape index (κ3) is 13.1. The normalized spacial score (nSPS) is 16.0. The third-order valence-electron chi connectivity index (χ3n) is 9.15. The Morgan fingerprint density at radius 1 is 0.267 bits per heavy atom. The Bertz CT molecular complexity index is 2370. The van der Waals surface area contributed by atoms with Crippen LogP contribution < -0.4 is 19.6 Å². The van der Waals surface area contributed by atoms with Crippen LogP contribution in [0, 0.1) is 0 Å². The minimum absolute atomic E-state index is 1.16. The van der Waals surface area contributed by atoms with E-state index >= 15 is 0 Å². The molecule has 0 radical (unpaired) electrons. The van der Waals surface area contributed by atoms with Crippen molar-refractivity contribution in [3.05, 3.63) is 182 Å². The van der Waals surface area contributed by atoms with E-state index in [1.807, 2.05) is 0 Å². The molecule has 0 aliphatic carbocycles. The van der Waals surface area contributed by atoms with Gasteiger partial charge in [-0.2, -0.15) is 0 Å². The summed E-state index contributed by atoms with van der Waals surface area (Å²) < 4.78 is 0. The average Bonchev–Trinajstić information content (AvgIpc) is 3.17. The van der Waals surface area contributed by atoms with Crippen molar-refractivity contribution in [1.29, 1.82) is 0 Å². The Labute approximate surface area is 388 Å². The second kappa shape index (κ2) is 16.6. The number of quaternary nitrogens is 2. The van der Waals surface area contributed by atoms with Crippen LogP contribution in [0.2, 0.25) is 0 Å². The van der Waals surface area contributed by atoms with Crippen molar-refractivity contribution in [2.45, 2.75) is 0 Å². The van der Waals surface area contributed by atoms with Crippen molar-refractivity contribution < 1.29 is 9.80 Å². The molecule has 2 aliphatic rings. The van der Waals surface area contributed by atoms with Crippen LogP contribution in [0.25, 0.3) is 0 Å². The number of nitrogens with zero attached hydrogens (tertiary/aromatic N) is 2. The van der Waals surface area contributed by atoms with E-state index in [2.05, 4.69) is 192 Å². The van der Waals surface area contributed by atoms with Crippen molar-refractivity contribution in [1.82, 2.24) is 0 Å². The molecule has 2 heterocycles. The summed E-state index contributed by atoms with van der Waals surface area (Å²) in [4.78, 5) is 7.28. The number of hydrogen-bond donors (Lipinski definition) is 2. The van der Waals surface area contributed by atoms with Crippen LogP contribution in [0.4, 0.5) is 68.2 Å². The van der Waals surface area contributed by atoms with Crippen molar-refractivity contribution >= 4 is 192 Å². The Morgan fingerprint density at radius 3 is 0.700 bits per heavy atom. The van der Waals surface area contributed by atoms with Crippen LogP contribution in [-0.4, -0.2) is 18.3 Å². The Hall–Kier alpha value is -0.824. The number of para-hydroxylation sites is 10. The molecule has 2 N–H and O–H groups in total. The standard InChI is InChI=1S/C42H30N4.12ClH.2Sb/c1-3-15-31(16-4-1)43-35-19-7-11-23-39(35)45(40-24-12-8-20-36(40)43)33-27-29-34(30-28-33)46-41-25-13-9-21-37(41)44(32-17-5-2-6-18-32)38-22-10-14-26-42(38)46;;;;;;;;;;;;;;/h1-30H;12*1H;;/q;;;;;;;;;;;;;2*+5/p-10. The van der Waals surface area contributed by atoms with Gasteiger partial charge >= 0.3 is 124 Å². The van der Waals surface area contributed by atoms with Gasteiger partial charge in [0.05, 0.1) is 0 Å². The molecule has 7 aromatic carbocycles. The number of nitrogens with one attached hydrogen (secondary N) is 2. The van der Waals surface area contributed by atoms with Crippen molar-refractivity contribution in [3.63, 3.8) is 0 Å². The van der Waals surface area contributed by atoms with E-state index in [0.29, 0.717) is 0 Å². The molecule has 0 atom stereocenters. The molecule has 0 aromatic heterocycles. The van der Waals surface area contributed by atoms with Gasteiger partial charge in [0, 0.05) is 59.9 Å². The van der Waals surface area contributed by atoms with Gasteiger partial charge in [-0.25, -0.2) is 9.80 Å². The van der Waals surface area contributed by atoms with E-state index in [0.717, 1.165) is 11.4 Å².